The summed E-state index contributed by atoms with van der Waals surface area (Å²) in [6.45, 7) is 4.61. The van der Waals surface area contributed by atoms with E-state index in [-0.39, 0.29) is 0 Å². The molecule has 1 aromatic heterocycles. The van der Waals surface area contributed by atoms with Crippen LogP contribution in [0, 0.1) is 11.8 Å². The van der Waals surface area contributed by atoms with Crippen LogP contribution >= 0.6 is 11.6 Å². The van der Waals surface area contributed by atoms with E-state index in [1.54, 1.807) is 6.33 Å². The molecule has 1 aromatic rings. The molecule has 0 saturated heterocycles. The van der Waals surface area contributed by atoms with Gasteiger partial charge >= 0.3 is 0 Å². The van der Waals surface area contributed by atoms with Crippen LogP contribution in [0.4, 0.5) is 0 Å². The predicted octanol–water partition coefficient (Wildman–Crippen LogP) is 2.93. The fraction of sp³-hybridized carbons (Fsp3) is 0.800. The highest BCUT2D eigenvalue weighted by Crippen LogP contribution is 2.37. The summed E-state index contributed by atoms with van der Waals surface area (Å²) >= 11 is 5.96. The number of aromatic nitrogens is 3. The maximum absolute atomic E-state index is 5.96. The molecule has 14 heavy (non-hydrogen) atoms. The van der Waals surface area contributed by atoms with Crippen molar-refractivity contribution in [2.75, 3.05) is 0 Å². The summed E-state index contributed by atoms with van der Waals surface area (Å²) in [5, 5.41) is 8.18. The Morgan fingerprint density at radius 1 is 1.43 bits per heavy atom. The summed E-state index contributed by atoms with van der Waals surface area (Å²) in [5.74, 6) is 1.52. The quantitative estimate of drug-likeness (QED) is 0.718. The maximum atomic E-state index is 5.96. The largest absolute Gasteiger partial charge is 0.301 e. The first-order valence-corrected chi connectivity index (χ1v) is 5.61. The number of nitrogens with zero attached hydrogens (tertiary/aromatic N) is 3. The van der Waals surface area contributed by atoms with Crippen molar-refractivity contribution in [3.05, 3.63) is 11.6 Å². The molecule has 0 radical (unpaired) electrons. The van der Waals surface area contributed by atoms with Gasteiger partial charge in [0.25, 0.3) is 0 Å². The standard InChI is InChI=1S/C10H16ClN3/c1-7-3-4-9(8(2)5-7)14-6-12-13-10(14)11/h6-9H,3-5H2,1-2H3. The van der Waals surface area contributed by atoms with Crippen LogP contribution in [-0.4, -0.2) is 14.8 Å². The highest BCUT2D eigenvalue weighted by atomic mass is 35.5. The average molecular weight is 214 g/mol. The Morgan fingerprint density at radius 3 is 2.79 bits per heavy atom. The van der Waals surface area contributed by atoms with Crippen LogP contribution < -0.4 is 0 Å². The molecule has 1 saturated carbocycles. The fourth-order valence-corrected chi connectivity index (χ4v) is 2.73. The van der Waals surface area contributed by atoms with Crippen LogP contribution in [0.1, 0.15) is 39.2 Å². The zero-order chi connectivity index (χ0) is 10.1. The van der Waals surface area contributed by atoms with E-state index in [4.69, 9.17) is 11.6 Å². The molecule has 0 aliphatic heterocycles. The van der Waals surface area contributed by atoms with E-state index in [9.17, 15) is 0 Å². The first-order chi connectivity index (χ1) is 6.68. The third kappa shape index (κ3) is 1.78. The van der Waals surface area contributed by atoms with Crippen molar-refractivity contribution in [2.45, 2.75) is 39.2 Å². The van der Waals surface area contributed by atoms with Crippen molar-refractivity contribution in [1.82, 2.24) is 14.8 Å². The second-order valence-electron chi connectivity index (χ2n) is 4.47. The van der Waals surface area contributed by atoms with Gasteiger partial charge in [0, 0.05) is 6.04 Å². The summed E-state index contributed by atoms with van der Waals surface area (Å²) in [4.78, 5) is 0. The number of halogens is 1. The molecule has 1 fully saturated rings. The minimum Gasteiger partial charge on any atom is -0.301 e. The molecule has 0 amide bonds. The van der Waals surface area contributed by atoms with Gasteiger partial charge in [0.2, 0.25) is 5.28 Å². The predicted molar refractivity (Wildman–Crippen MR) is 56.2 cm³/mol. The molecule has 1 aliphatic rings. The lowest BCUT2D eigenvalue weighted by Crippen LogP contribution is -2.24. The summed E-state index contributed by atoms with van der Waals surface area (Å²) in [6.07, 6.45) is 5.50. The highest BCUT2D eigenvalue weighted by Gasteiger charge is 2.27. The SMILES string of the molecule is CC1CCC(n2cnnc2Cl)C(C)C1. The zero-order valence-electron chi connectivity index (χ0n) is 8.65. The molecule has 4 heteroatoms. The van der Waals surface area contributed by atoms with Crippen LogP contribution in [0.3, 0.4) is 0 Å². The summed E-state index contributed by atoms with van der Waals surface area (Å²) in [5.41, 5.74) is 0. The van der Waals surface area contributed by atoms with Crippen LogP contribution in [0.2, 0.25) is 5.28 Å². The van der Waals surface area contributed by atoms with Crippen LogP contribution in [0.15, 0.2) is 6.33 Å². The monoisotopic (exact) mass is 213 g/mol. The van der Waals surface area contributed by atoms with E-state index in [0.29, 0.717) is 17.2 Å². The van der Waals surface area contributed by atoms with Crippen molar-refractivity contribution >= 4 is 11.6 Å². The van der Waals surface area contributed by atoms with E-state index in [0.717, 1.165) is 5.92 Å². The molecular weight excluding hydrogens is 198 g/mol. The second kappa shape index (κ2) is 3.89. The fourth-order valence-electron chi connectivity index (χ4n) is 2.51. The summed E-state index contributed by atoms with van der Waals surface area (Å²) in [7, 11) is 0. The van der Waals surface area contributed by atoms with Crippen LogP contribution in [0.5, 0.6) is 0 Å². The van der Waals surface area contributed by atoms with E-state index in [1.807, 2.05) is 4.57 Å². The molecule has 1 aliphatic carbocycles. The molecule has 0 aromatic carbocycles. The lowest BCUT2D eigenvalue weighted by molar-refractivity contribution is 0.207. The van der Waals surface area contributed by atoms with Gasteiger partial charge in [0.05, 0.1) is 0 Å². The molecule has 0 bridgehead atoms. The van der Waals surface area contributed by atoms with Crippen molar-refractivity contribution in [3.8, 4) is 0 Å². The summed E-state index contributed by atoms with van der Waals surface area (Å²) in [6, 6.07) is 0.494. The Morgan fingerprint density at radius 2 is 2.21 bits per heavy atom. The highest BCUT2D eigenvalue weighted by molar-refractivity contribution is 6.28. The first-order valence-electron chi connectivity index (χ1n) is 5.23. The van der Waals surface area contributed by atoms with Crippen molar-refractivity contribution in [1.29, 1.82) is 0 Å². The minimum absolute atomic E-state index is 0.494. The van der Waals surface area contributed by atoms with Gasteiger partial charge in [-0.25, -0.2) is 0 Å². The molecular formula is C10H16ClN3. The van der Waals surface area contributed by atoms with Gasteiger partial charge in [-0.05, 0) is 42.7 Å². The number of hydrogen-bond donors (Lipinski definition) is 0. The van der Waals surface area contributed by atoms with Crippen molar-refractivity contribution in [2.24, 2.45) is 11.8 Å². The van der Waals surface area contributed by atoms with Gasteiger partial charge in [-0.3, -0.25) is 0 Å². The Labute approximate surface area is 89.5 Å². The average Bonchev–Trinajstić information content (AvgIpc) is 2.52. The van der Waals surface area contributed by atoms with Gasteiger partial charge in [-0.2, -0.15) is 0 Å². The van der Waals surface area contributed by atoms with Crippen molar-refractivity contribution in [3.63, 3.8) is 0 Å². The Bertz CT molecular complexity index is 310. The van der Waals surface area contributed by atoms with Gasteiger partial charge in [-0.15, -0.1) is 10.2 Å². The lowest BCUT2D eigenvalue weighted by Gasteiger charge is -2.33. The van der Waals surface area contributed by atoms with Crippen LogP contribution in [0.25, 0.3) is 0 Å². The van der Waals surface area contributed by atoms with Crippen LogP contribution in [-0.2, 0) is 0 Å². The zero-order valence-corrected chi connectivity index (χ0v) is 9.41. The lowest BCUT2D eigenvalue weighted by atomic mass is 9.80. The second-order valence-corrected chi connectivity index (χ2v) is 4.81. The summed E-state index contributed by atoms with van der Waals surface area (Å²) < 4.78 is 2.01. The topological polar surface area (TPSA) is 30.7 Å². The van der Waals surface area contributed by atoms with E-state index in [2.05, 4.69) is 24.0 Å². The number of hydrogen-bond acceptors (Lipinski definition) is 2. The Balaban J connectivity index is 2.15. The van der Waals surface area contributed by atoms with E-state index >= 15 is 0 Å². The van der Waals surface area contributed by atoms with Gasteiger partial charge in [-0.1, -0.05) is 13.8 Å². The maximum Gasteiger partial charge on any atom is 0.225 e. The normalized spacial score (nSPS) is 33.2. The molecule has 0 N–H and O–H groups in total. The molecule has 78 valence electrons. The molecule has 3 atom stereocenters. The van der Waals surface area contributed by atoms with Gasteiger partial charge in [0.15, 0.2) is 0 Å². The molecule has 2 rings (SSSR count). The smallest absolute Gasteiger partial charge is 0.225 e. The molecule has 1 heterocycles. The van der Waals surface area contributed by atoms with Gasteiger partial charge < -0.3 is 4.57 Å². The van der Waals surface area contributed by atoms with Gasteiger partial charge in [0.1, 0.15) is 6.33 Å². The molecule has 0 spiro atoms. The minimum atomic E-state index is 0.494. The Hall–Kier alpha value is -0.570. The molecule has 3 nitrogen and oxygen atoms in total. The van der Waals surface area contributed by atoms with E-state index < -0.39 is 0 Å². The third-order valence-corrected chi connectivity index (χ3v) is 3.54. The number of rotatable bonds is 1. The van der Waals surface area contributed by atoms with Crippen molar-refractivity contribution < 1.29 is 0 Å². The molecule has 3 unspecified atom stereocenters. The third-order valence-electron chi connectivity index (χ3n) is 3.27. The van der Waals surface area contributed by atoms with E-state index in [1.165, 1.54) is 19.3 Å². The first kappa shape index (κ1) is 9.97. The Kier molecular flexibility index (Phi) is 2.77.